The second kappa shape index (κ2) is 6.09. The maximum absolute atomic E-state index is 12.2. The van der Waals surface area contributed by atoms with E-state index in [4.69, 9.17) is 4.42 Å². The standard InChI is InChI=1S/C14H16N4O4S/c1-10-16-17-13(22-10)9-15-23(20,21)12-6-4-11(5-7-12)18-8-2-3-14(18)19/h4-7,15H,2-3,8-9H2,1H3. The van der Waals surface area contributed by atoms with Gasteiger partial charge >= 0.3 is 0 Å². The minimum absolute atomic E-state index is 0.0606. The van der Waals surface area contributed by atoms with Crippen LogP contribution in [0.15, 0.2) is 33.6 Å². The zero-order valence-electron chi connectivity index (χ0n) is 12.5. The lowest BCUT2D eigenvalue weighted by molar-refractivity contribution is -0.117. The van der Waals surface area contributed by atoms with Crippen LogP contribution in [0.1, 0.15) is 24.6 Å². The summed E-state index contributed by atoms with van der Waals surface area (Å²) < 4.78 is 32.0. The lowest BCUT2D eigenvalue weighted by atomic mass is 10.3. The van der Waals surface area contributed by atoms with Gasteiger partial charge in [0.05, 0.1) is 11.4 Å². The van der Waals surface area contributed by atoms with E-state index in [1.165, 1.54) is 12.1 Å². The molecule has 1 aromatic heterocycles. The Bertz CT molecular complexity index is 814. The quantitative estimate of drug-likeness (QED) is 0.872. The molecule has 0 atom stereocenters. The smallest absolute Gasteiger partial charge is 0.241 e. The van der Waals surface area contributed by atoms with Crippen molar-refractivity contribution in [2.45, 2.75) is 31.2 Å². The van der Waals surface area contributed by atoms with Crippen LogP contribution in [0.5, 0.6) is 0 Å². The number of carbonyl (C=O) groups is 1. The van der Waals surface area contributed by atoms with Crippen LogP contribution in [0, 0.1) is 6.92 Å². The fourth-order valence-electron chi connectivity index (χ4n) is 2.38. The maximum atomic E-state index is 12.2. The highest BCUT2D eigenvalue weighted by molar-refractivity contribution is 7.89. The summed E-state index contributed by atoms with van der Waals surface area (Å²) in [5.41, 5.74) is 0.707. The Morgan fingerprint density at radius 3 is 2.57 bits per heavy atom. The van der Waals surface area contributed by atoms with E-state index >= 15 is 0 Å². The van der Waals surface area contributed by atoms with Gasteiger partial charge in [-0.2, -0.15) is 0 Å². The summed E-state index contributed by atoms with van der Waals surface area (Å²) in [4.78, 5) is 13.5. The molecule has 0 bridgehead atoms. The summed E-state index contributed by atoms with van der Waals surface area (Å²) in [5.74, 6) is 0.634. The number of aromatic nitrogens is 2. The molecule has 1 saturated heterocycles. The number of benzene rings is 1. The van der Waals surface area contributed by atoms with E-state index in [1.54, 1.807) is 24.0 Å². The maximum Gasteiger partial charge on any atom is 0.241 e. The second-order valence-corrected chi connectivity index (χ2v) is 6.95. The Labute approximate surface area is 133 Å². The van der Waals surface area contributed by atoms with Gasteiger partial charge in [-0.3, -0.25) is 4.79 Å². The molecule has 1 aromatic carbocycles. The summed E-state index contributed by atoms with van der Waals surface area (Å²) in [6.45, 7) is 2.22. The molecule has 23 heavy (non-hydrogen) atoms. The number of amides is 1. The third-order valence-electron chi connectivity index (χ3n) is 3.51. The summed E-state index contributed by atoms with van der Waals surface area (Å²) in [5, 5.41) is 7.36. The molecule has 1 fully saturated rings. The molecular formula is C14H16N4O4S. The molecule has 2 aromatic rings. The minimum Gasteiger partial charge on any atom is -0.424 e. The summed E-state index contributed by atoms with van der Waals surface area (Å²) in [6, 6.07) is 6.22. The molecule has 1 N–H and O–H groups in total. The number of hydrogen-bond acceptors (Lipinski definition) is 6. The highest BCUT2D eigenvalue weighted by atomic mass is 32.2. The first-order valence-corrected chi connectivity index (χ1v) is 8.63. The number of nitrogens with zero attached hydrogens (tertiary/aromatic N) is 3. The zero-order chi connectivity index (χ0) is 16.4. The Kier molecular flexibility index (Phi) is 4.14. The molecule has 8 nitrogen and oxygen atoms in total. The van der Waals surface area contributed by atoms with E-state index in [2.05, 4.69) is 14.9 Å². The van der Waals surface area contributed by atoms with Gasteiger partial charge in [0.2, 0.25) is 27.7 Å². The van der Waals surface area contributed by atoms with Crippen molar-refractivity contribution in [3.05, 3.63) is 36.0 Å². The van der Waals surface area contributed by atoms with E-state index in [-0.39, 0.29) is 23.2 Å². The lowest BCUT2D eigenvalue weighted by Crippen LogP contribution is -2.25. The number of anilines is 1. The van der Waals surface area contributed by atoms with E-state index < -0.39 is 10.0 Å². The summed E-state index contributed by atoms with van der Waals surface area (Å²) in [7, 11) is -3.68. The monoisotopic (exact) mass is 336 g/mol. The van der Waals surface area contributed by atoms with Crippen molar-refractivity contribution in [2.75, 3.05) is 11.4 Å². The number of nitrogens with one attached hydrogen (secondary N) is 1. The normalized spacial score (nSPS) is 15.3. The molecule has 0 aliphatic carbocycles. The van der Waals surface area contributed by atoms with Gasteiger partial charge in [0, 0.05) is 25.6 Å². The van der Waals surface area contributed by atoms with E-state index in [0.29, 0.717) is 24.5 Å². The van der Waals surface area contributed by atoms with Gasteiger partial charge in [-0.1, -0.05) is 0 Å². The number of carbonyl (C=O) groups excluding carboxylic acids is 1. The SMILES string of the molecule is Cc1nnc(CNS(=O)(=O)c2ccc(N3CCCC3=O)cc2)o1. The molecule has 3 rings (SSSR count). The zero-order valence-corrected chi connectivity index (χ0v) is 13.3. The van der Waals surface area contributed by atoms with Gasteiger partial charge in [0.1, 0.15) is 0 Å². The third-order valence-corrected chi connectivity index (χ3v) is 4.93. The Hall–Kier alpha value is -2.26. The predicted octanol–water partition coefficient (Wildman–Crippen LogP) is 0.983. The van der Waals surface area contributed by atoms with Gasteiger partial charge in [0.15, 0.2) is 0 Å². The van der Waals surface area contributed by atoms with Crippen LogP contribution < -0.4 is 9.62 Å². The van der Waals surface area contributed by atoms with Gasteiger partial charge < -0.3 is 9.32 Å². The molecule has 0 saturated carbocycles. The van der Waals surface area contributed by atoms with Gasteiger partial charge in [-0.15, -0.1) is 10.2 Å². The minimum atomic E-state index is -3.68. The average molecular weight is 336 g/mol. The molecule has 0 unspecified atom stereocenters. The van der Waals surface area contributed by atoms with Gasteiger partial charge in [0.25, 0.3) is 0 Å². The van der Waals surface area contributed by atoms with Crippen LogP contribution in [0.25, 0.3) is 0 Å². The fraction of sp³-hybridized carbons (Fsp3) is 0.357. The van der Waals surface area contributed by atoms with Crippen molar-refractivity contribution in [3.63, 3.8) is 0 Å². The van der Waals surface area contributed by atoms with Crippen LogP contribution in [0.3, 0.4) is 0 Å². The topological polar surface area (TPSA) is 105 Å². The van der Waals surface area contributed by atoms with Crippen LogP contribution in [-0.4, -0.2) is 31.1 Å². The number of aryl methyl sites for hydroxylation is 1. The molecule has 122 valence electrons. The lowest BCUT2D eigenvalue weighted by Gasteiger charge is -2.15. The van der Waals surface area contributed by atoms with Crippen LogP contribution in [0.4, 0.5) is 5.69 Å². The summed E-state index contributed by atoms with van der Waals surface area (Å²) >= 11 is 0. The Morgan fingerprint density at radius 1 is 1.26 bits per heavy atom. The second-order valence-electron chi connectivity index (χ2n) is 5.18. The Morgan fingerprint density at radius 2 is 2.00 bits per heavy atom. The van der Waals surface area contributed by atoms with Crippen molar-refractivity contribution < 1.29 is 17.6 Å². The molecular weight excluding hydrogens is 320 g/mol. The van der Waals surface area contributed by atoms with Crippen molar-refractivity contribution in [1.82, 2.24) is 14.9 Å². The van der Waals surface area contributed by atoms with Crippen molar-refractivity contribution in [3.8, 4) is 0 Å². The van der Waals surface area contributed by atoms with Gasteiger partial charge in [-0.25, -0.2) is 13.1 Å². The van der Waals surface area contributed by atoms with Gasteiger partial charge in [-0.05, 0) is 30.7 Å². The van der Waals surface area contributed by atoms with E-state index in [1.807, 2.05) is 0 Å². The molecule has 0 radical (unpaired) electrons. The fourth-order valence-corrected chi connectivity index (χ4v) is 3.35. The van der Waals surface area contributed by atoms with Crippen LogP contribution in [0.2, 0.25) is 0 Å². The number of hydrogen-bond donors (Lipinski definition) is 1. The first-order valence-electron chi connectivity index (χ1n) is 7.15. The molecule has 2 heterocycles. The molecule has 9 heteroatoms. The first kappa shape index (κ1) is 15.6. The van der Waals surface area contributed by atoms with Crippen molar-refractivity contribution in [2.24, 2.45) is 0 Å². The molecule has 1 aliphatic heterocycles. The van der Waals surface area contributed by atoms with Crippen LogP contribution in [-0.2, 0) is 21.4 Å². The number of rotatable bonds is 5. The van der Waals surface area contributed by atoms with E-state index in [9.17, 15) is 13.2 Å². The Balaban J connectivity index is 1.71. The first-order chi connectivity index (χ1) is 11.0. The van der Waals surface area contributed by atoms with Crippen LogP contribution >= 0.6 is 0 Å². The predicted molar refractivity (Wildman–Crippen MR) is 81.1 cm³/mol. The highest BCUT2D eigenvalue weighted by Crippen LogP contribution is 2.22. The summed E-state index contributed by atoms with van der Waals surface area (Å²) in [6.07, 6.45) is 1.36. The average Bonchev–Trinajstić information content (AvgIpc) is 3.14. The van der Waals surface area contributed by atoms with Crippen molar-refractivity contribution >= 4 is 21.6 Å². The van der Waals surface area contributed by atoms with E-state index in [0.717, 1.165) is 6.42 Å². The largest absolute Gasteiger partial charge is 0.424 e. The third kappa shape index (κ3) is 3.40. The van der Waals surface area contributed by atoms with Crippen molar-refractivity contribution in [1.29, 1.82) is 0 Å². The highest BCUT2D eigenvalue weighted by Gasteiger charge is 2.22. The number of sulfonamides is 1. The molecule has 1 aliphatic rings. The molecule has 0 spiro atoms. The molecule has 1 amide bonds.